The van der Waals surface area contributed by atoms with Crippen LogP contribution in [0.4, 0.5) is 11.5 Å². The van der Waals surface area contributed by atoms with Crippen LogP contribution in [-0.2, 0) is 4.74 Å². The largest absolute Gasteiger partial charge is 0.465 e. The van der Waals surface area contributed by atoms with E-state index in [1.165, 1.54) is 7.11 Å². The molecule has 0 radical (unpaired) electrons. The number of aromatic nitrogens is 1. The number of rotatable bonds is 4. The third-order valence-electron chi connectivity index (χ3n) is 3.83. The van der Waals surface area contributed by atoms with E-state index in [0.717, 1.165) is 32.5 Å². The van der Waals surface area contributed by atoms with Gasteiger partial charge >= 0.3 is 5.97 Å². The predicted molar refractivity (Wildman–Crippen MR) is 83.5 cm³/mol. The van der Waals surface area contributed by atoms with Gasteiger partial charge in [0.2, 0.25) is 0 Å². The standard InChI is InChI=1S/C15H24N4O2/c1-18(2)10-11-4-6-19(7-5-11)14-13(15(20)21-3)8-12(16)9-17-14/h8-9,11H,4-7,10,16H2,1-3H3. The molecule has 2 heterocycles. The third kappa shape index (κ3) is 3.85. The fourth-order valence-corrected chi connectivity index (χ4v) is 2.83. The monoisotopic (exact) mass is 292 g/mol. The van der Waals surface area contributed by atoms with Gasteiger partial charge in [0, 0.05) is 19.6 Å². The Morgan fingerprint density at radius 2 is 2.14 bits per heavy atom. The molecule has 0 unspecified atom stereocenters. The molecule has 0 amide bonds. The number of ether oxygens (including phenoxy) is 1. The highest BCUT2D eigenvalue weighted by Gasteiger charge is 2.24. The summed E-state index contributed by atoms with van der Waals surface area (Å²) in [6.45, 7) is 2.91. The number of piperidine rings is 1. The van der Waals surface area contributed by atoms with Crippen molar-refractivity contribution in [2.24, 2.45) is 5.92 Å². The van der Waals surface area contributed by atoms with Crippen LogP contribution in [0.15, 0.2) is 12.3 Å². The first-order chi connectivity index (χ1) is 10.0. The van der Waals surface area contributed by atoms with E-state index in [-0.39, 0.29) is 5.97 Å². The average Bonchev–Trinajstić information content (AvgIpc) is 2.47. The van der Waals surface area contributed by atoms with Gasteiger partial charge in [-0.1, -0.05) is 0 Å². The van der Waals surface area contributed by atoms with E-state index < -0.39 is 0 Å². The topological polar surface area (TPSA) is 71.7 Å². The molecule has 0 aliphatic carbocycles. The van der Waals surface area contributed by atoms with Crippen molar-refractivity contribution in [1.29, 1.82) is 0 Å². The Labute approximate surface area is 125 Å². The number of esters is 1. The summed E-state index contributed by atoms with van der Waals surface area (Å²) in [5, 5.41) is 0. The van der Waals surface area contributed by atoms with Gasteiger partial charge in [0.15, 0.2) is 0 Å². The summed E-state index contributed by atoms with van der Waals surface area (Å²) >= 11 is 0. The smallest absolute Gasteiger partial charge is 0.341 e. The van der Waals surface area contributed by atoms with Crippen molar-refractivity contribution in [3.05, 3.63) is 17.8 Å². The number of hydrogen-bond donors (Lipinski definition) is 1. The molecule has 1 aromatic heterocycles. The van der Waals surface area contributed by atoms with Crippen molar-refractivity contribution in [3.63, 3.8) is 0 Å². The molecule has 6 heteroatoms. The Bertz CT molecular complexity index is 496. The Morgan fingerprint density at radius 3 is 2.71 bits per heavy atom. The lowest BCUT2D eigenvalue weighted by molar-refractivity contribution is 0.0601. The van der Waals surface area contributed by atoms with Gasteiger partial charge in [0.1, 0.15) is 11.4 Å². The number of hydrogen-bond acceptors (Lipinski definition) is 6. The van der Waals surface area contributed by atoms with Gasteiger partial charge in [-0.25, -0.2) is 9.78 Å². The first kappa shape index (κ1) is 15.6. The molecule has 0 aromatic carbocycles. The number of anilines is 2. The maximum Gasteiger partial charge on any atom is 0.341 e. The zero-order valence-corrected chi connectivity index (χ0v) is 13.0. The SMILES string of the molecule is COC(=O)c1cc(N)cnc1N1CCC(CN(C)C)CC1. The molecule has 1 aromatic rings. The van der Waals surface area contributed by atoms with Gasteiger partial charge in [-0.15, -0.1) is 0 Å². The number of nitrogens with zero attached hydrogens (tertiary/aromatic N) is 3. The second kappa shape index (κ2) is 6.76. The maximum absolute atomic E-state index is 11.9. The van der Waals surface area contributed by atoms with Gasteiger partial charge in [0.05, 0.1) is 19.0 Å². The summed E-state index contributed by atoms with van der Waals surface area (Å²) in [5.41, 5.74) is 6.65. The van der Waals surface area contributed by atoms with E-state index in [0.29, 0.717) is 23.0 Å². The summed E-state index contributed by atoms with van der Waals surface area (Å²) in [7, 11) is 5.57. The number of pyridine rings is 1. The lowest BCUT2D eigenvalue weighted by atomic mass is 9.96. The van der Waals surface area contributed by atoms with Gasteiger partial charge < -0.3 is 20.3 Å². The summed E-state index contributed by atoms with van der Waals surface area (Å²) in [6, 6.07) is 1.64. The van der Waals surface area contributed by atoms with E-state index in [4.69, 9.17) is 10.5 Å². The molecule has 1 aliphatic heterocycles. The Balaban J connectivity index is 2.11. The van der Waals surface area contributed by atoms with Crippen molar-refractivity contribution < 1.29 is 9.53 Å². The van der Waals surface area contributed by atoms with E-state index >= 15 is 0 Å². The summed E-state index contributed by atoms with van der Waals surface area (Å²) in [4.78, 5) is 20.6. The number of nitrogens with two attached hydrogens (primary N) is 1. The zero-order valence-electron chi connectivity index (χ0n) is 13.0. The third-order valence-corrected chi connectivity index (χ3v) is 3.83. The minimum atomic E-state index is -0.389. The van der Waals surface area contributed by atoms with Crippen LogP contribution in [0.2, 0.25) is 0 Å². The molecule has 21 heavy (non-hydrogen) atoms. The van der Waals surface area contributed by atoms with Gasteiger partial charge in [-0.05, 0) is 38.9 Å². The lowest BCUT2D eigenvalue weighted by Gasteiger charge is -2.34. The first-order valence-corrected chi connectivity index (χ1v) is 7.24. The van der Waals surface area contributed by atoms with Gasteiger partial charge in [-0.3, -0.25) is 0 Å². The quantitative estimate of drug-likeness (QED) is 0.842. The van der Waals surface area contributed by atoms with Crippen molar-refractivity contribution in [2.75, 3.05) is 51.5 Å². The fraction of sp³-hybridized carbons (Fsp3) is 0.600. The minimum absolute atomic E-state index is 0.389. The molecular formula is C15H24N4O2. The Morgan fingerprint density at radius 1 is 1.48 bits per heavy atom. The molecule has 6 nitrogen and oxygen atoms in total. The van der Waals surface area contributed by atoms with Crippen LogP contribution in [0.5, 0.6) is 0 Å². The molecule has 2 rings (SSSR count). The molecule has 0 atom stereocenters. The minimum Gasteiger partial charge on any atom is -0.465 e. The maximum atomic E-state index is 11.9. The number of methoxy groups -OCH3 is 1. The van der Waals surface area contributed by atoms with Crippen LogP contribution in [-0.4, -0.2) is 56.7 Å². The van der Waals surface area contributed by atoms with Crippen molar-refractivity contribution >= 4 is 17.5 Å². The first-order valence-electron chi connectivity index (χ1n) is 7.24. The molecule has 1 saturated heterocycles. The Kier molecular flexibility index (Phi) is 5.01. The van der Waals surface area contributed by atoms with Crippen LogP contribution in [0.25, 0.3) is 0 Å². The Hall–Kier alpha value is -1.82. The second-order valence-corrected chi connectivity index (χ2v) is 5.82. The normalized spacial score (nSPS) is 16.3. The van der Waals surface area contributed by atoms with Crippen molar-refractivity contribution in [3.8, 4) is 0 Å². The van der Waals surface area contributed by atoms with Crippen LogP contribution < -0.4 is 10.6 Å². The zero-order chi connectivity index (χ0) is 15.4. The summed E-state index contributed by atoms with van der Waals surface area (Å²) in [5.74, 6) is 0.992. The van der Waals surface area contributed by atoms with Crippen molar-refractivity contribution in [2.45, 2.75) is 12.8 Å². The van der Waals surface area contributed by atoms with E-state index in [1.807, 2.05) is 0 Å². The molecule has 116 valence electrons. The van der Waals surface area contributed by atoms with E-state index in [1.54, 1.807) is 12.3 Å². The molecule has 0 saturated carbocycles. The number of carbonyl (C=O) groups excluding carboxylic acids is 1. The number of carbonyl (C=O) groups is 1. The molecule has 2 N–H and O–H groups in total. The highest BCUT2D eigenvalue weighted by Crippen LogP contribution is 2.26. The summed E-state index contributed by atoms with van der Waals surface area (Å²) in [6.07, 6.45) is 3.80. The van der Waals surface area contributed by atoms with E-state index in [9.17, 15) is 4.79 Å². The highest BCUT2D eigenvalue weighted by atomic mass is 16.5. The predicted octanol–water partition coefficient (Wildman–Crippen LogP) is 1.23. The van der Waals surface area contributed by atoms with Crippen LogP contribution in [0, 0.1) is 5.92 Å². The lowest BCUT2D eigenvalue weighted by Crippen LogP contribution is -2.38. The van der Waals surface area contributed by atoms with Gasteiger partial charge in [0.25, 0.3) is 0 Å². The van der Waals surface area contributed by atoms with E-state index in [2.05, 4.69) is 28.9 Å². The van der Waals surface area contributed by atoms with Crippen molar-refractivity contribution in [1.82, 2.24) is 9.88 Å². The molecule has 0 spiro atoms. The van der Waals surface area contributed by atoms with Gasteiger partial charge in [-0.2, -0.15) is 0 Å². The second-order valence-electron chi connectivity index (χ2n) is 5.82. The fourth-order valence-electron chi connectivity index (χ4n) is 2.83. The molecule has 0 bridgehead atoms. The number of nitrogen functional groups attached to an aromatic ring is 1. The molecule has 1 fully saturated rings. The molecule has 1 aliphatic rings. The average molecular weight is 292 g/mol. The van der Waals surface area contributed by atoms with Crippen LogP contribution >= 0.6 is 0 Å². The van der Waals surface area contributed by atoms with Crippen LogP contribution in [0.3, 0.4) is 0 Å². The van der Waals surface area contributed by atoms with Crippen LogP contribution in [0.1, 0.15) is 23.2 Å². The molecular weight excluding hydrogens is 268 g/mol. The highest BCUT2D eigenvalue weighted by molar-refractivity contribution is 5.95. The summed E-state index contributed by atoms with van der Waals surface area (Å²) < 4.78 is 4.83.